The summed E-state index contributed by atoms with van der Waals surface area (Å²) in [4.78, 5) is 7.21. The van der Waals surface area contributed by atoms with Gasteiger partial charge >= 0.3 is 0 Å². The molecule has 3 rings (SSSR count). The Morgan fingerprint density at radius 3 is 2.55 bits per heavy atom. The molecular formula is C17H27N3. The summed E-state index contributed by atoms with van der Waals surface area (Å²) in [6.07, 6.45) is 10.0. The van der Waals surface area contributed by atoms with Gasteiger partial charge in [-0.2, -0.15) is 0 Å². The minimum absolute atomic E-state index is 0.675. The number of nitrogens with one attached hydrogen (secondary N) is 1. The molecule has 2 fully saturated rings. The van der Waals surface area contributed by atoms with E-state index in [1.54, 1.807) is 0 Å². The average Bonchev–Trinajstić information content (AvgIpc) is 2.50. The van der Waals surface area contributed by atoms with E-state index in [2.05, 4.69) is 35.3 Å². The zero-order valence-corrected chi connectivity index (χ0v) is 12.7. The maximum Gasteiger partial charge on any atom is 0.130 e. The monoisotopic (exact) mass is 273 g/mol. The van der Waals surface area contributed by atoms with Gasteiger partial charge in [0, 0.05) is 19.6 Å². The maximum absolute atomic E-state index is 4.73. The van der Waals surface area contributed by atoms with Gasteiger partial charge in [0.15, 0.2) is 0 Å². The molecule has 1 saturated heterocycles. The second kappa shape index (κ2) is 6.02. The van der Waals surface area contributed by atoms with Crippen LogP contribution in [0.3, 0.4) is 0 Å². The lowest BCUT2D eigenvalue weighted by Gasteiger charge is -2.44. The van der Waals surface area contributed by atoms with Gasteiger partial charge in [-0.15, -0.1) is 0 Å². The van der Waals surface area contributed by atoms with E-state index in [0.29, 0.717) is 5.41 Å². The van der Waals surface area contributed by atoms with Crippen LogP contribution >= 0.6 is 0 Å². The first kappa shape index (κ1) is 13.7. The molecule has 3 heteroatoms. The lowest BCUT2D eigenvalue weighted by molar-refractivity contribution is 0.144. The Bertz CT molecular complexity index is 428. The Morgan fingerprint density at radius 1 is 1.10 bits per heavy atom. The molecule has 1 saturated carbocycles. The van der Waals surface area contributed by atoms with Crippen LogP contribution in [0.2, 0.25) is 0 Å². The van der Waals surface area contributed by atoms with E-state index in [1.807, 2.05) is 0 Å². The van der Waals surface area contributed by atoms with E-state index < -0.39 is 0 Å². The summed E-state index contributed by atoms with van der Waals surface area (Å²) in [6.45, 7) is 5.41. The fourth-order valence-corrected chi connectivity index (χ4v) is 3.89. The summed E-state index contributed by atoms with van der Waals surface area (Å²) in [5.74, 6) is 2.15. The summed E-state index contributed by atoms with van der Waals surface area (Å²) >= 11 is 0. The molecule has 2 aliphatic rings. The van der Waals surface area contributed by atoms with Gasteiger partial charge in [0.05, 0.1) is 0 Å². The molecule has 3 nitrogen and oxygen atoms in total. The highest BCUT2D eigenvalue weighted by Crippen LogP contribution is 2.44. The van der Waals surface area contributed by atoms with Gasteiger partial charge in [-0.05, 0) is 50.2 Å². The van der Waals surface area contributed by atoms with Crippen LogP contribution in [0.15, 0.2) is 18.2 Å². The first-order chi connectivity index (χ1) is 9.81. The summed E-state index contributed by atoms with van der Waals surface area (Å²) in [5.41, 5.74) is 0.675. The highest BCUT2D eigenvalue weighted by atomic mass is 15.2. The molecule has 0 unspecified atom stereocenters. The number of hydrogen-bond donors (Lipinski definition) is 1. The van der Waals surface area contributed by atoms with Crippen LogP contribution in [0.4, 0.5) is 11.6 Å². The number of aromatic nitrogens is 1. The van der Waals surface area contributed by atoms with Crippen LogP contribution in [0.1, 0.15) is 51.9 Å². The molecular weight excluding hydrogens is 246 g/mol. The van der Waals surface area contributed by atoms with Gasteiger partial charge in [0.25, 0.3) is 0 Å². The topological polar surface area (TPSA) is 28.2 Å². The number of anilines is 2. The molecule has 1 aliphatic carbocycles. The molecule has 1 aromatic heterocycles. The van der Waals surface area contributed by atoms with Crippen molar-refractivity contribution in [2.45, 2.75) is 51.9 Å². The zero-order chi connectivity index (χ0) is 13.8. The van der Waals surface area contributed by atoms with Crippen LogP contribution in [0.25, 0.3) is 0 Å². The Kier molecular flexibility index (Phi) is 4.13. The van der Waals surface area contributed by atoms with Gasteiger partial charge in [-0.3, -0.25) is 0 Å². The third-order valence-electron chi connectivity index (χ3n) is 5.15. The zero-order valence-electron chi connectivity index (χ0n) is 12.7. The molecule has 1 aromatic rings. The van der Waals surface area contributed by atoms with E-state index in [0.717, 1.165) is 18.2 Å². The van der Waals surface area contributed by atoms with E-state index in [9.17, 15) is 0 Å². The molecule has 1 aliphatic heterocycles. The van der Waals surface area contributed by atoms with Crippen LogP contribution in [0, 0.1) is 5.41 Å². The standard InChI is InChI=1S/C17H27N3/c1-2-18-15-7-6-8-16(19-15)20-13-11-17(12-14-20)9-4-3-5-10-17/h6-8H,2-5,9-14H2,1H3,(H,18,19). The molecule has 0 aromatic carbocycles. The van der Waals surface area contributed by atoms with Crippen molar-refractivity contribution in [3.05, 3.63) is 18.2 Å². The second-order valence-electron chi connectivity index (χ2n) is 6.46. The maximum atomic E-state index is 4.73. The van der Waals surface area contributed by atoms with Gasteiger partial charge < -0.3 is 10.2 Å². The third kappa shape index (κ3) is 2.92. The van der Waals surface area contributed by atoms with Gasteiger partial charge in [-0.1, -0.05) is 25.3 Å². The van der Waals surface area contributed by atoms with Crippen molar-refractivity contribution in [3.63, 3.8) is 0 Å². The minimum Gasteiger partial charge on any atom is -0.370 e. The second-order valence-corrected chi connectivity index (χ2v) is 6.46. The number of nitrogens with zero attached hydrogens (tertiary/aromatic N) is 2. The largest absolute Gasteiger partial charge is 0.370 e. The number of rotatable bonds is 3. The molecule has 1 spiro atoms. The van der Waals surface area contributed by atoms with Gasteiger partial charge in [-0.25, -0.2) is 4.98 Å². The van der Waals surface area contributed by atoms with E-state index in [-0.39, 0.29) is 0 Å². The van der Waals surface area contributed by atoms with Gasteiger partial charge in [0.2, 0.25) is 0 Å². The summed E-state index contributed by atoms with van der Waals surface area (Å²) in [7, 11) is 0. The summed E-state index contributed by atoms with van der Waals surface area (Å²) in [5, 5.41) is 3.31. The predicted molar refractivity (Wildman–Crippen MR) is 85.4 cm³/mol. The Balaban J connectivity index is 1.64. The SMILES string of the molecule is CCNc1cccc(N2CCC3(CCCCC3)CC2)n1. The van der Waals surface area contributed by atoms with Crippen LogP contribution in [-0.2, 0) is 0 Å². The predicted octanol–water partition coefficient (Wildman–Crippen LogP) is 4.06. The van der Waals surface area contributed by atoms with E-state index in [1.165, 1.54) is 58.0 Å². The molecule has 110 valence electrons. The van der Waals surface area contributed by atoms with Crippen molar-refractivity contribution in [1.82, 2.24) is 4.98 Å². The molecule has 0 radical (unpaired) electrons. The van der Waals surface area contributed by atoms with Gasteiger partial charge in [0.1, 0.15) is 11.6 Å². The van der Waals surface area contributed by atoms with Crippen LogP contribution < -0.4 is 10.2 Å². The van der Waals surface area contributed by atoms with Crippen LogP contribution in [0.5, 0.6) is 0 Å². The lowest BCUT2D eigenvalue weighted by Crippen LogP contribution is -2.41. The van der Waals surface area contributed by atoms with Crippen molar-refractivity contribution in [1.29, 1.82) is 0 Å². The summed E-state index contributed by atoms with van der Waals surface area (Å²) < 4.78 is 0. The molecule has 1 N–H and O–H groups in total. The number of pyridine rings is 1. The van der Waals surface area contributed by atoms with E-state index in [4.69, 9.17) is 4.98 Å². The van der Waals surface area contributed by atoms with Crippen molar-refractivity contribution in [2.24, 2.45) is 5.41 Å². The fraction of sp³-hybridized carbons (Fsp3) is 0.706. The van der Waals surface area contributed by atoms with Crippen LogP contribution in [-0.4, -0.2) is 24.6 Å². The smallest absolute Gasteiger partial charge is 0.130 e. The highest BCUT2D eigenvalue weighted by molar-refractivity contribution is 5.47. The Hall–Kier alpha value is -1.25. The number of piperidine rings is 1. The minimum atomic E-state index is 0.675. The first-order valence-electron chi connectivity index (χ1n) is 8.27. The quantitative estimate of drug-likeness (QED) is 0.900. The van der Waals surface area contributed by atoms with Crippen molar-refractivity contribution in [2.75, 3.05) is 29.9 Å². The molecule has 2 heterocycles. The first-order valence-corrected chi connectivity index (χ1v) is 8.27. The third-order valence-corrected chi connectivity index (χ3v) is 5.15. The number of hydrogen-bond acceptors (Lipinski definition) is 3. The lowest BCUT2D eigenvalue weighted by atomic mass is 9.68. The Morgan fingerprint density at radius 2 is 1.85 bits per heavy atom. The molecule has 0 atom stereocenters. The molecule has 20 heavy (non-hydrogen) atoms. The molecule has 0 bridgehead atoms. The van der Waals surface area contributed by atoms with E-state index >= 15 is 0 Å². The van der Waals surface area contributed by atoms with Crippen molar-refractivity contribution in [3.8, 4) is 0 Å². The average molecular weight is 273 g/mol. The fourth-order valence-electron chi connectivity index (χ4n) is 3.89. The van der Waals surface area contributed by atoms with Crippen molar-refractivity contribution < 1.29 is 0 Å². The summed E-state index contributed by atoms with van der Waals surface area (Å²) in [6, 6.07) is 6.32. The normalized spacial score (nSPS) is 21.9. The molecule has 0 amide bonds. The highest BCUT2D eigenvalue weighted by Gasteiger charge is 2.35. The Labute approximate surface area is 122 Å². The van der Waals surface area contributed by atoms with Crippen molar-refractivity contribution >= 4 is 11.6 Å².